The third-order valence-corrected chi connectivity index (χ3v) is 4.03. The molecule has 0 unspecified atom stereocenters. The van der Waals surface area contributed by atoms with E-state index in [4.69, 9.17) is 16.3 Å². The van der Waals surface area contributed by atoms with Gasteiger partial charge in [-0.25, -0.2) is 4.79 Å². The highest BCUT2D eigenvalue weighted by Gasteiger charge is 2.16. The maximum absolute atomic E-state index is 12.3. The molecule has 0 heterocycles. The highest BCUT2D eigenvalue weighted by Crippen LogP contribution is 2.19. The Balaban J connectivity index is 2.04. The minimum Gasteiger partial charge on any atom is -0.462 e. The van der Waals surface area contributed by atoms with E-state index in [0.29, 0.717) is 16.4 Å². The molecule has 0 aromatic heterocycles. The number of carbonyl (C=O) groups is 3. The van der Waals surface area contributed by atoms with Crippen molar-refractivity contribution in [2.24, 2.45) is 0 Å². The van der Waals surface area contributed by atoms with Crippen LogP contribution < -0.4 is 10.2 Å². The van der Waals surface area contributed by atoms with Crippen LogP contribution in [0.5, 0.6) is 0 Å². The van der Waals surface area contributed by atoms with Crippen molar-refractivity contribution in [3.8, 4) is 0 Å². The van der Waals surface area contributed by atoms with Crippen molar-refractivity contribution >= 4 is 40.8 Å². The molecule has 0 fully saturated rings. The van der Waals surface area contributed by atoms with E-state index in [2.05, 4.69) is 5.32 Å². The van der Waals surface area contributed by atoms with E-state index < -0.39 is 5.97 Å². The van der Waals surface area contributed by atoms with Crippen LogP contribution in [0.1, 0.15) is 30.6 Å². The summed E-state index contributed by atoms with van der Waals surface area (Å²) in [5, 5.41) is 3.27. The molecule has 0 spiro atoms. The summed E-state index contributed by atoms with van der Waals surface area (Å²) in [6, 6.07) is 13.4. The summed E-state index contributed by atoms with van der Waals surface area (Å²) in [5.41, 5.74) is 1.32. The van der Waals surface area contributed by atoms with E-state index in [0.717, 1.165) is 0 Å². The lowest BCUT2D eigenvalue weighted by Gasteiger charge is -2.21. The molecule has 1 N–H and O–H groups in total. The van der Waals surface area contributed by atoms with Gasteiger partial charge < -0.3 is 15.0 Å². The molecule has 0 aliphatic rings. The monoisotopic (exact) mass is 388 g/mol. The van der Waals surface area contributed by atoms with E-state index in [1.165, 1.54) is 11.8 Å². The van der Waals surface area contributed by atoms with Crippen molar-refractivity contribution in [3.05, 3.63) is 59.1 Å². The van der Waals surface area contributed by atoms with Crippen molar-refractivity contribution in [1.29, 1.82) is 0 Å². The van der Waals surface area contributed by atoms with E-state index >= 15 is 0 Å². The zero-order valence-electron chi connectivity index (χ0n) is 15.2. The van der Waals surface area contributed by atoms with Crippen LogP contribution in [0.3, 0.4) is 0 Å². The van der Waals surface area contributed by atoms with Crippen molar-refractivity contribution in [2.75, 3.05) is 23.4 Å². The van der Waals surface area contributed by atoms with E-state index in [1.54, 1.807) is 55.5 Å². The van der Waals surface area contributed by atoms with Gasteiger partial charge in [-0.3, -0.25) is 9.59 Å². The summed E-state index contributed by atoms with van der Waals surface area (Å²) < 4.78 is 4.99. The molecule has 0 saturated heterocycles. The van der Waals surface area contributed by atoms with Gasteiger partial charge in [0.15, 0.2) is 0 Å². The van der Waals surface area contributed by atoms with Crippen molar-refractivity contribution < 1.29 is 19.1 Å². The second-order valence-electron chi connectivity index (χ2n) is 5.71. The van der Waals surface area contributed by atoms with Gasteiger partial charge in [-0.15, -0.1) is 0 Å². The topological polar surface area (TPSA) is 75.7 Å². The summed E-state index contributed by atoms with van der Waals surface area (Å²) in [7, 11) is 0. The Hall–Kier alpha value is -2.86. The van der Waals surface area contributed by atoms with E-state index in [9.17, 15) is 14.4 Å². The second kappa shape index (κ2) is 9.73. The number of benzene rings is 2. The largest absolute Gasteiger partial charge is 0.462 e. The third-order valence-electron chi connectivity index (χ3n) is 3.78. The van der Waals surface area contributed by atoms with Crippen LogP contribution in [0.15, 0.2) is 48.5 Å². The molecule has 0 atom stereocenters. The molecule has 7 heteroatoms. The molecular weight excluding hydrogens is 368 g/mol. The number of nitrogens with one attached hydrogen (secondary N) is 1. The first kappa shape index (κ1) is 20.5. The summed E-state index contributed by atoms with van der Waals surface area (Å²) in [6.45, 7) is 3.59. The molecule has 0 aliphatic carbocycles. The molecule has 27 heavy (non-hydrogen) atoms. The first-order valence-corrected chi connectivity index (χ1v) is 8.89. The zero-order valence-corrected chi connectivity index (χ0v) is 16.0. The van der Waals surface area contributed by atoms with Gasteiger partial charge in [-0.1, -0.05) is 23.7 Å². The van der Waals surface area contributed by atoms with E-state index in [1.807, 2.05) is 0 Å². The molecule has 2 aromatic rings. The lowest BCUT2D eigenvalue weighted by Crippen LogP contribution is -2.32. The number of para-hydroxylation sites is 1. The lowest BCUT2D eigenvalue weighted by molar-refractivity contribution is -0.117. The van der Waals surface area contributed by atoms with Gasteiger partial charge in [0.1, 0.15) is 0 Å². The lowest BCUT2D eigenvalue weighted by atomic mass is 10.1. The normalized spacial score (nSPS) is 10.2. The summed E-state index contributed by atoms with van der Waals surface area (Å²) in [6.07, 6.45) is 0.0688. The molecule has 2 aromatic carbocycles. The number of amides is 2. The van der Waals surface area contributed by atoms with E-state index in [-0.39, 0.29) is 37.0 Å². The van der Waals surface area contributed by atoms with Crippen LogP contribution in [0.4, 0.5) is 11.4 Å². The summed E-state index contributed by atoms with van der Waals surface area (Å²) in [4.78, 5) is 37.7. The van der Waals surface area contributed by atoms with Gasteiger partial charge in [-0.05, 0) is 43.3 Å². The van der Waals surface area contributed by atoms with Crippen molar-refractivity contribution in [1.82, 2.24) is 0 Å². The fourth-order valence-corrected chi connectivity index (χ4v) is 2.62. The number of carbonyl (C=O) groups excluding carboxylic acids is 3. The van der Waals surface area contributed by atoms with Crippen LogP contribution >= 0.6 is 11.6 Å². The molecular formula is C20H21ClN2O4. The van der Waals surface area contributed by atoms with Crippen molar-refractivity contribution in [3.63, 3.8) is 0 Å². The predicted molar refractivity (Wildman–Crippen MR) is 105 cm³/mol. The average Bonchev–Trinajstić information content (AvgIpc) is 2.63. The van der Waals surface area contributed by atoms with Crippen LogP contribution in [0.2, 0.25) is 5.02 Å². The Bertz CT molecular complexity index is 821. The minimum absolute atomic E-state index is 0.0688. The van der Waals surface area contributed by atoms with Gasteiger partial charge >= 0.3 is 5.97 Å². The van der Waals surface area contributed by atoms with Gasteiger partial charge in [0.2, 0.25) is 11.8 Å². The highest BCUT2D eigenvalue weighted by atomic mass is 35.5. The first-order valence-electron chi connectivity index (χ1n) is 8.52. The molecule has 0 bridgehead atoms. The number of hydrogen-bond donors (Lipinski definition) is 1. The standard InChI is InChI=1S/C20H21ClN2O4/c1-3-27-20(26)17-6-4-5-7-18(17)22-19(25)12-13-23(14(2)24)16-10-8-15(21)9-11-16/h4-11H,3,12-13H2,1-2H3,(H,22,25). The summed E-state index contributed by atoms with van der Waals surface area (Å²) in [5.74, 6) is -0.996. The molecule has 0 radical (unpaired) electrons. The van der Waals surface area contributed by atoms with Crippen molar-refractivity contribution in [2.45, 2.75) is 20.3 Å². The smallest absolute Gasteiger partial charge is 0.340 e. The number of hydrogen-bond acceptors (Lipinski definition) is 4. The number of esters is 1. The van der Waals surface area contributed by atoms with Crippen LogP contribution in [0.25, 0.3) is 0 Å². The fourth-order valence-electron chi connectivity index (χ4n) is 2.49. The van der Waals surface area contributed by atoms with Gasteiger partial charge in [-0.2, -0.15) is 0 Å². The Morgan fingerprint density at radius 1 is 1.07 bits per heavy atom. The minimum atomic E-state index is -0.500. The fraction of sp³-hybridized carbons (Fsp3) is 0.250. The molecule has 6 nitrogen and oxygen atoms in total. The number of halogens is 1. The highest BCUT2D eigenvalue weighted by molar-refractivity contribution is 6.30. The maximum Gasteiger partial charge on any atom is 0.340 e. The maximum atomic E-state index is 12.3. The van der Waals surface area contributed by atoms with Gasteiger partial charge in [0.05, 0.1) is 17.9 Å². The molecule has 2 rings (SSSR count). The van der Waals surface area contributed by atoms with Crippen LogP contribution in [-0.2, 0) is 14.3 Å². The van der Waals surface area contributed by atoms with Crippen LogP contribution in [0, 0.1) is 0 Å². The van der Waals surface area contributed by atoms with Gasteiger partial charge in [0.25, 0.3) is 0 Å². The second-order valence-corrected chi connectivity index (χ2v) is 6.15. The molecule has 0 aliphatic heterocycles. The number of anilines is 2. The quantitative estimate of drug-likeness (QED) is 0.730. The zero-order chi connectivity index (χ0) is 19.8. The Morgan fingerprint density at radius 2 is 1.74 bits per heavy atom. The first-order chi connectivity index (χ1) is 12.9. The molecule has 2 amide bonds. The Morgan fingerprint density at radius 3 is 2.37 bits per heavy atom. The predicted octanol–water partition coefficient (Wildman–Crippen LogP) is 3.90. The number of rotatable bonds is 7. The Labute approximate surface area is 163 Å². The van der Waals surface area contributed by atoms with Crippen LogP contribution in [-0.4, -0.2) is 30.9 Å². The summed E-state index contributed by atoms with van der Waals surface area (Å²) >= 11 is 5.87. The molecule has 0 saturated carbocycles. The Kier molecular flexibility index (Phi) is 7.37. The third kappa shape index (κ3) is 5.82. The SMILES string of the molecule is CCOC(=O)c1ccccc1NC(=O)CCN(C(C)=O)c1ccc(Cl)cc1. The number of nitrogens with zero attached hydrogens (tertiary/aromatic N) is 1. The average molecular weight is 389 g/mol. The van der Waals surface area contributed by atoms with Gasteiger partial charge in [0, 0.05) is 30.6 Å². The number of ether oxygens (including phenoxy) is 1. The molecule has 142 valence electrons.